The summed E-state index contributed by atoms with van der Waals surface area (Å²) < 4.78 is 10.9. The van der Waals surface area contributed by atoms with E-state index >= 15 is 0 Å². The van der Waals surface area contributed by atoms with Crippen molar-refractivity contribution in [3.8, 4) is 0 Å². The Labute approximate surface area is 119 Å². The van der Waals surface area contributed by atoms with Gasteiger partial charge < -0.3 is 14.4 Å². The molecule has 0 aromatic heterocycles. The standard InChI is InChI=1S/C16H21NO3/c1-16(12-20-16)14-8-5-9-17(10-14)15(18)19-11-13-6-3-2-4-7-13/h2-4,6-7,14H,5,8-12H2,1H3/t14-,16+/m0/s1. The van der Waals surface area contributed by atoms with Crippen LogP contribution in [0.2, 0.25) is 0 Å². The normalized spacial score (nSPS) is 29.1. The Kier molecular flexibility index (Phi) is 3.66. The average Bonchev–Trinajstić information content (AvgIpc) is 3.25. The molecular formula is C16H21NO3. The Balaban J connectivity index is 1.52. The summed E-state index contributed by atoms with van der Waals surface area (Å²) >= 11 is 0. The highest BCUT2D eigenvalue weighted by Crippen LogP contribution is 2.39. The lowest BCUT2D eigenvalue weighted by atomic mass is 9.87. The zero-order valence-electron chi connectivity index (χ0n) is 11.9. The predicted molar refractivity (Wildman–Crippen MR) is 75.3 cm³/mol. The predicted octanol–water partition coefficient (Wildman–Crippen LogP) is 2.82. The van der Waals surface area contributed by atoms with Gasteiger partial charge in [0, 0.05) is 19.0 Å². The van der Waals surface area contributed by atoms with Crippen molar-refractivity contribution in [1.82, 2.24) is 4.90 Å². The van der Waals surface area contributed by atoms with Crippen LogP contribution in [0, 0.1) is 5.92 Å². The zero-order valence-corrected chi connectivity index (χ0v) is 11.9. The number of epoxide rings is 1. The maximum atomic E-state index is 12.1. The van der Waals surface area contributed by atoms with Crippen LogP contribution in [0.3, 0.4) is 0 Å². The van der Waals surface area contributed by atoms with Crippen molar-refractivity contribution in [1.29, 1.82) is 0 Å². The number of carbonyl (C=O) groups is 1. The van der Waals surface area contributed by atoms with Gasteiger partial charge in [-0.3, -0.25) is 0 Å². The summed E-state index contributed by atoms with van der Waals surface area (Å²) in [6.45, 7) is 4.85. The fourth-order valence-electron chi connectivity index (χ4n) is 2.80. The number of hydrogen-bond acceptors (Lipinski definition) is 3. The van der Waals surface area contributed by atoms with E-state index in [2.05, 4.69) is 6.92 Å². The van der Waals surface area contributed by atoms with Gasteiger partial charge in [-0.1, -0.05) is 30.3 Å². The highest BCUT2D eigenvalue weighted by Gasteiger charge is 2.48. The fraction of sp³-hybridized carbons (Fsp3) is 0.562. The third kappa shape index (κ3) is 2.96. The van der Waals surface area contributed by atoms with Gasteiger partial charge in [0.15, 0.2) is 0 Å². The third-order valence-electron chi connectivity index (χ3n) is 4.35. The van der Waals surface area contributed by atoms with Gasteiger partial charge in [-0.2, -0.15) is 0 Å². The summed E-state index contributed by atoms with van der Waals surface area (Å²) in [5.74, 6) is 0.445. The maximum absolute atomic E-state index is 12.1. The van der Waals surface area contributed by atoms with Crippen LogP contribution in [0.15, 0.2) is 30.3 Å². The Bertz CT molecular complexity index is 470. The number of likely N-dealkylation sites (tertiary alicyclic amines) is 1. The fourth-order valence-corrected chi connectivity index (χ4v) is 2.80. The molecule has 0 radical (unpaired) electrons. The van der Waals surface area contributed by atoms with Crippen molar-refractivity contribution in [3.63, 3.8) is 0 Å². The molecular weight excluding hydrogens is 254 g/mol. The summed E-state index contributed by atoms with van der Waals surface area (Å²) in [5.41, 5.74) is 1.02. The number of amides is 1. The first-order valence-electron chi connectivity index (χ1n) is 7.27. The van der Waals surface area contributed by atoms with Gasteiger partial charge in [0.2, 0.25) is 0 Å². The van der Waals surface area contributed by atoms with Crippen LogP contribution in [0.4, 0.5) is 4.79 Å². The second-order valence-corrected chi connectivity index (χ2v) is 5.93. The second-order valence-electron chi connectivity index (χ2n) is 5.93. The van der Waals surface area contributed by atoms with Gasteiger partial charge in [0.1, 0.15) is 6.61 Å². The quantitative estimate of drug-likeness (QED) is 0.797. The van der Waals surface area contributed by atoms with Crippen molar-refractivity contribution in [3.05, 3.63) is 35.9 Å². The van der Waals surface area contributed by atoms with E-state index in [0.29, 0.717) is 12.5 Å². The topological polar surface area (TPSA) is 42.1 Å². The molecule has 2 atom stereocenters. The number of rotatable bonds is 3. The van der Waals surface area contributed by atoms with Crippen LogP contribution in [0.1, 0.15) is 25.3 Å². The Hall–Kier alpha value is -1.55. The van der Waals surface area contributed by atoms with Crippen LogP contribution in [0.25, 0.3) is 0 Å². The van der Waals surface area contributed by atoms with Crippen molar-refractivity contribution in [2.75, 3.05) is 19.7 Å². The zero-order chi connectivity index (χ0) is 14.0. The number of benzene rings is 1. The molecule has 2 fully saturated rings. The van der Waals surface area contributed by atoms with Gasteiger partial charge in [-0.25, -0.2) is 4.79 Å². The third-order valence-corrected chi connectivity index (χ3v) is 4.35. The molecule has 3 rings (SSSR count). The van der Waals surface area contributed by atoms with Crippen molar-refractivity contribution >= 4 is 6.09 Å². The summed E-state index contributed by atoms with van der Waals surface area (Å²) in [5, 5.41) is 0. The monoisotopic (exact) mass is 275 g/mol. The van der Waals surface area contributed by atoms with E-state index in [9.17, 15) is 4.79 Å². The molecule has 108 valence electrons. The number of carbonyl (C=O) groups excluding carboxylic acids is 1. The molecule has 2 saturated heterocycles. The molecule has 0 bridgehead atoms. The first-order valence-corrected chi connectivity index (χ1v) is 7.27. The molecule has 2 heterocycles. The molecule has 0 N–H and O–H groups in total. The largest absolute Gasteiger partial charge is 0.445 e. The van der Waals surface area contributed by atoms with Gasteiger partial charge in [0.05, 0.1) is 12.2 Å². The first kappa shape index (κ1) is 13.4. The molecule has 2 aliphatic rings. The Morgan fingerprint density at radius 2 is 2.20 bits per heavy atom. The van der Waals surface area contributed by atoms with Gasteiger partial charge in [0.25, 0.3) is 0 Å². The van der Waals surface area contributed by atoms with Crippen LogP contribution >= 0.6 is 0 Å². The second kappa shape index (κ2) is 5.44. The van der Waals surface area contributed by atoms with E-state index in [4.69, 9.17) is 9.47 Å². The summed E-state index contributed by atoms with van der Waals surface area (Å²) in [6, 6.07) is 9.78. The highest BCUT2D eigenvalue weighted by molar-refractivity contribution is 5.67. The molecule has 4 nitrogen and oxygen atoms in total. The lowest BCUT2D eigenvalue weighted by Gasteiger charge is -2.33. The van der Waals surface area contributed by atoms with E-state index in [1.807, 2.05) is 35.2 Å². The highest BCUT2D eigenvalue weighted by atomic mass is 16.6. The van der Waals surface area contributed by atoms with Crippen LogP contribution in [-0.2, 0) is 16.1 Å². The molecule has 1 amide bonds. The number of piperidine rings is 1. The Morgan fingerprint density at radius 3 is 2.90 bits per heavy atom. The molecule has 2 aliphatic heterocycles. The molecule has 4 heteroatoms. The smallest absolute Gasteiger partial charge is 0.410 e. The van der Waals surface area contributed by atoms with Crippen LogP contribution in [-0.4, -0.2) is 36.3 Å². The molecule has 1 aromatic carbocycles. The molecule has 0 saturated carbocycles. The molecule has 20 heavy (non-hydrogen) atoms. The number of hydrogen-bond donors (Lipinski definition) is 0. The van der Waals surface area contributed by atoms with Gasteiger partial charge in [-0.05, 0) is 25.3 Å². The molecule has 1 aromatic rings. The number of ether oxygens (including phenoxy) is 2. The summed E-state index contributed by atoms with van der Waals surface area (Å²) in [7, 11) is 0. The van der Waals surface area contributed by atoms with E-state index in [0.717, 1.165) is 38.1 Å². The minimum absolute atomic E-state index is 0.00161. The summed E-state index contributed by atoms with van der Waals surface area (Å²) in [4.78, 5) is 14.0. The minimum Gasteiger partial charge on any atom is -0.445 e. The van der Waals surface area contributed by atoms with Gasteiger partial charge in [-0.15, -0.1) is 0 Å². The van der Waals surface area contributed by atoms with Gasteiger partial charge >= 0.3 is 6.09 Å². The van der Waals surface area contributed by atoms with Crippen molar-refractivity contribution < 1.29 is 14.3 Å². The van der Waals surface area contributed by atoms with Crippen LogP contribution in [0.5, 0.6) is 0 Å². The average molecular weight is 275 g/mol. The lowest BCUT2D eigenvalue weighted by Crippen LogP contribution is -2.44. The lowest BCUT2D eigenvalue weighted by molar-refractivity contribution is 0.0656. The van der Waals surface area contributed by atoms with Crippen LogP contribution < -0.4 is 0 Å². The van der Waals surface area contributed by atoms with Crippen molar-refractivity contribution in [2.24, 2.45) is 5.92 Å². The van der Waals surface area contributed by atoms with E-state index < -0.39 is 0 Å². The Morgan fingerprint density at radius 1 is 1.45 bits per heavy atom. The molecule has 0 spiro atoms. The maximum Gasteiger partial charge on any atom is 0.410 e. The molecule has 0 aliphatic carbocycles. The SMILES string of the molecule is C[C@]1([C@H]2CCCN(C(=O)OCc3ccccc3)C2)CO1. The number of nitrogens with zero attached hydrogens (tertiary/aromatic N) is 1. The van der Waals surface area contributed by atoms with E-state index in [1.165, 1.54) is 0 Å². The van der Waals surface area contributed by atoms with E-state index in [-0.39, 0.29) is 11.7 Å². The minimum atomic E-state index is -0.206. The van der Waals surface area contributed by atoms with Crippen molar-refractivity contribution in [2.45, 2.75) is 32.0 Å². The first-order chi connectivity index (χ1) is 9.67. The molecule has 0 unspecified atom stereocenters. The summed E-state index contributed by atoms with van der Waals surface area (Å²) in [6.07, 6.45) is 1.96. The van der Waals surface area contributed by atoms with E-state index in [1.54, 1.807) is 0 Å².